The Morgan fingerprint density at radius 3 is 2.03 bits per heavy atom. The second-order valence-electron chi connectivity index (χ2n) is 9.36. The zero-order valence-corrected chi connectivity index (χ0v) is 22.6. The highest BCUT2D eigenvalue weighted by molar-refractivity contribution is 5.78. The molecule has 0 aromatic rings. The summed E-state index contributed by atoms with van der Waals surface area (Å²) in [5.74, 6) is -0.185. The van der Waals surface area contributed by atoms with Crippen LogP contribution in [-0.2, 0) is 23.7 Å². The van der Waals surface area contributed by atoms with Gasteiger partial charge >= 0.3 is 0 Å². The molecule has 34 heavy (non-hydrogen) atoms. The van der Waals surface area contributed by atoms with Crippen LogP contribution in [0.25, 0.3) is 0 Å². The Balaban J connectivity index is 3.66. The van der Waals surface area contributed by atoms with Gasteiger partial charge in [0.2, 0.25) is 5.91 Å². The third-order valence-electron chi connectivity index (χ3n) is 5.72. The van der Waals surface area contributed by atoms with Crippen LogP contribution in [-0.4, -0.2) is 83.6 Å². The number of rotatable bonds is 25. The number of carbonyl (C=O) groups is 1. The molecule has 0 aliphatic rings. The number of nitrogens with one attached hydrogen (secondary N) is 2. The molecule has 1 amide bonds. The Kier molecular flexibility index (Phi) is 22.1. The normalized spacial score (nSPS) is 13.7. The second-order valence-corrected chi connectivity index (χ2v) is 9.36. The van der Waals surface area contributed by atoms with Gasteiger partial charge in [0.15, 0.2) is 0 Å². The summed E-state index contributed by atoms with van der Waals surface area (Å²) in [4.78, 5) is 12.2. The number of alkyl halides is 1. The van der Waals surface area contributed by atoms with Crippen LogP contribution >= 0.6 is 0 Å². The molecule has 0 aromatic carbocycles. The highest BCUT2D eigenvalue weighted by Crippen LogP contribution is 2.18. The van der Waals surface area contributed by atoms with Crippen molar-refractivity contribution in [3.63, 3.8) is 0 Å². The van der Waals surface area contributed by atoms with Crippen LogP contribution in [0.2, 0.25) is 0 Å². The summed E-state index contributed by atoms with van der Waals surface area (Å²) in [6.45, 7) is 14.9. The van der Waals surface area contributed by atoms with E-state index in [4.69, 9.17) is 18.9 Å². The predicted octanol–water partition coefficient (Wildman–Crippen LogP) is 4.28. The fourth-order valence-corrected chi connectivity index (χ4v) is 3.19. The van der Waals surface area contributed by atoms with Crippen molar-refractivity contribution in [3.05, 3.63) is 0 Å². The molecular formula is C26H53FN2O5. The van der Waals surface area contributed by atoms with Crippen LogP contribution < -0.4 is 10.6 Å². The van der Waals surface area contributed by atoms with E-state index in [0.717, 1.165) is 32.4 Å². The van der Waals surface area contributed by atoms with Gasteiger partial charge in [0.25, 0.3) is 0 Å². The number of ether oxygens (including phenoxy) is 4. The first-order chi connectivity index (χ1) is 16.3. The summed E-state index contributed by atoms with van der Waals surface area (Å²) in [5, 5.41) is 6.05. The maximum Gasteiger partial charge on any atom is 0.222 e. The summed E-state index contributed by atoms with van der Waals surface area (Å²) >= 11 is 0. The van der Waals surface area contributed by atoms with Crippen molar-refractivity contribution in [2.24, 2.45) is 5.92 Å². The monoisotopic (exact) mass is 492 g/mol. The van der Waals surface area contributed by atoms with Crippen molar-refractivity contribution >= 4 is 5.91 Å². The molecular weight excluding hydrogens is 439 g/mol. The Morgan fingerprint density at radius 1 is 0.824 bits per heavy atom. The molecule has 2 N–H and O–H groups in total. The minimum absolute atomic E-state index is 0.0449. The SMILES string of the molecule is CCCCCCC(C)C(=O)NCC(F)C(C)(C)OCCOCCOCCOCCNCCCC. The summed E-state index contributed by atoms with van der Waals surface area (Å²) in [6.07, 6.45) is 6.47. The summed E-state index contributed by atoms with van der Waals surface area (Å²) < 4.78 is 36.7. The molecule has 2 unspecified atom stereocenters. The lowest BCUT2D eigenvalue weighted by atomic mass is 10.0. The van der Waals surface area contributed by atoms with E-state index in [0.29, 0.717) is 39.6 Å². The quantitative estimate of drug-likeness (QED) is 0.185. The van der Waals surface area contributed by atoms with Crippen molar-refractivity contribution in [2.75, 3.05) is 65.9 Å². The molecule has 0 bridgehead atoms. The van der Waals surface area contributed by atoms with Gasteiger partial charge in [0.1, 0.15) is 6.17 Å². The highest BCUT2D eigenvalue weighted by Gasteiger charge is 2.31. The first-order valence-electron chi connectivity index (χ1n) is 13.3. The van der Waals surface area contributed by atoms with Crippen LogP contribution in [0.1, 0.15) is 79.6 Å². The van der Waals surface area contributed by atoms with Crippen molar-refractivity contribution in [2.45, 2.75) is 91.3 Å². The summed E-state index contributed by atoms with van der Waals surface area (Å²) in [7, 11) is 0. The van der Waals surface area contributed by atoms with Crippen molar-refractivity contribution < 1.29 is 28.1 Å². The van der Waals surface area contributed by atoms with Crippen molar-refractivity contribution in [1.29, 1.82) is 0 Å². The Bertz CT molecular complexity index is 468. The number of carbonyl (C=O) groups excluding carboxylic acids is 1. The standard InChI is InChI=1S/C26H53FN2O5/c1-6-8-10-11-12-23(3)25(30)29-22-24(27)26(4,5)34-21-20-33-19-18-32-17-16-31-15-14-28-13-9-7-2/h23-24,28H,6-22H2,1-5H3,(H,29,30). The molecule has 0 fully saturated rings. The number of unbranched alkanes of at least 4 members (excludes halogenated alkanes) is 4. The largest absolute Gasteiger partial charge is 0.378 e. The maximum absolute atomic E-state index is 14.6. The first kappa shape index (κ1) is 33.2. The number of hydrogen-bond donors (Lipinski definition) is 2. The van der Waals surface area contributed by atoms with Gasteiger partial charge in [0, 0.05) is 12.5 Å². The van der Waals surface area contributed by atoms with E-state index in [1.165, 1.54) is 25.7 Å². The van der Waals surface area contributed by atoms with Crippen LogP contribution in [0.4, 0.5) is 4.39 Å². The smallest absolute Gasteiger partial charge is 0.222 e. The third-order valence-corrected chi connectivity index (χ3v) is 5.72. The molecule has 0 rings (SSSR count). The van der Waals surface area contributed by atoms with E-state index < -0.39 is 11.8 Å². The van der Waals surface area contributed by atoms with Crippen LogP contribution in [0.3, 0.4) is 0 Å². The number of hydrogen-bond acceptors (Lipinski definition) is 6. The van der Waals surface area contributed by atoms with Gasteiger partial charge < -0.3 is 29.6 Å². The molecule has 0 aromatic heterocycles. The zero-order valence-electron chi connectivity index (χ0n) is 22.6. The highest BCUT2D eigenvalue weighted by atomic mass is 19.1. The number of amides is 1. The van der Waals surface area contributed by atoms with Gasteiger partial charge in [-0.25, -0.2) is 4.39 Å². The third kappa shape index (κ3) is 19.5. The van der Waals surface area contributed by atoms with E-state index in [2.05, 4.69) is 24.5 Å². The molecule has 0 saturated heterocycles. The van der Waals surface area contributed by atoms with Gasteiger partial charge in [-0.1, -0.05) is 52.9 Å². The van der Waals surface area contributed by atoms with E-state index in [9.17, 15) is 9.18 Å². The molecule has 204 valence electrons. The topological polar surface area (TPSA) is 78.1 Å². The zero-order chi connectivity index (χ0) is 25.5. The van der Waals surface area contributed by atoms with Crippen molar-refractivity contribution in [3.8, 4) is 0 Å². The average Bonchev–Trinajstić information content (AvgIpc) is 2.82. The average molecular weight is 493 g/mol. The Hall–Kier alpha value is -0.800. The minimum atomic E-state index is -1.30. The molecule has 0 radical (unpaired) electrons. The van der Waals surface area contributed by atoms with Gasteiger partial charge in [-0.2, -0.15) is 0 Å². The van der Waals surface area contributed by atoms with Crippen LogP contribution in [0.15, 0.2) is 0 Å². The molecule has 0 spiro atoms. The second kappa shape index (κ2) is 22.7. The Labute approximate surface area is 208 Å². The minimum Gasteiger partial charge on any atom is -0.378 e. The Morgan fingerprint density at radius 2 is 1.41 bits per heavy atom. The lowest BCUT2D eigenvalue weighted by Gasteiger charge is -2.29. The molecule has 0 saturated carbocycles. The van der Waals surface area contributed by atoms with Crippen molar-refractivity contribution in [1.82, 2.24) is 10.6 Å². The lowest BCUT2D eigenvalue weighted by molar-refractivity contribution is -0.126. The summed E-state index contributed by atoms with van der Waals surface area (Å²) in [5.41, 5.74) is -1.000. The molecule has 0 heterocycles. The van der Waals surface area contributed by atoms with Gasteiger partial charge in [-0.3, -0.25) is 4.79 Å². The molecule has 7 nitrogen and oxygen atoms in total. The van der Waals surface area contributed by atoms with Crippen LogP contribution in [0.5, 0.6) is 0 Å². The molecule has 0 aliphatic heterocycles. The van der Waals surface area contributed by atoms with E-state index in [1.807, 2.05) is 6.92 Å². The van der Waals surface area contributed by atoms with E-state index in [-0.39, 0.29) is 25.0 Å². The van der Waals surface area contributed by atoms with Gasteiger partial charge in [-0.05, 0) is 33.2 Å². The fourth-order valence-electron chi connectivity index (χ4n) is 3.19. The summed E-state index contributed by atoms with van der Waals surface area (Å²) in [6, 6.07) is 0. The van der Waals surface area contributed by atoms with E-state index in [1.54, 1.807) is 13.8 Å². The van der Waals surface area contributed by atoms with E-state index >= 15 is 0 Å². The van der Waals surface area contributed by atoms with Gasteiger partial charge in [0.05, 0.1) is 58.4 Å². The number of halogens is 1. The molecule has 8 heteroatoms. The fraction of sp³-hybridized carbons (Fsp3) is 0.962. The first-order valence-corrected chi connectivity index (χ1v) is 13.3. The lowest BCUT2D eigenvalue weighted by Crippen LogP contribution is -2.45. The van der Waals surface area contributed by atoms with Crippen LogP contribution in [0, 0.1) is 5.92 Å². The van der Waals surface area contributed by atoms with Gasteiger partial charge in [-0.15, -0.1) is 0 Å². The molecule has 2 atom stereocenters. The maximum atomic E-state index is 14.6. The molecule has 0 aliphatic carbocycles. The predicted molar refractivity (Wildman–Crippen MR) is 136 cm³/mol.